The van der Waals surface area contributed by atoms with Crippen LogP contribution in [0.25, 0.3) is 10.9 Å². The lowest BCUT2D eigenvalue weighted by Gasteiger charge is -2.18. The Labute approximate surface area is 162 Å². The maximum Gasteiger partial charge on any atom is 0.230 e. The molecule has 1 aliphatic carbocycles. The smallest absolute Gasteiger partial charge is 0.230 e. The lowest BCUT2D eigenvalue weighted by atomic mass is 10.1. The molecule has 1 saturated carbocycles. The fourth-order valence-electron chi connectivity index (χ4n) is 3.27. The Bertz CT molecular complexity index is 1050. The highest BCUT2D eigenvalue weighted by molar-refractivity contribution is 6.00. The van der Waals surface area contributed by atoms with E-state index in [9.17, 15) is 4.79 Å². The van der Waals surface area contributed by atoms with Gasteiger partial charge < -0.3 is 19.5 Å². The van der Waals surface area contributed by atoms with Crippen LogP contribution in [-0.4, -0.2) is 34.9 Å². The van der Waals surface area contributed by atoms with E-state index in [0.717, 1.165) is 35.1 Å². The van der Waals surface area contributed by atoms with Crippen LogP contribution in [0.2, 0.25) is 0 Å². The van der Waals surface area contributed by atoms with Crippen LogP contribution in [0.15, 0.2) is 36.4 Å². The van der Waals surface area contributed by atoms with Gasteiger partial charge in [-0.15, -0.1) is 0 Å². The number of anilines is 1. The van der Waals surface area contributed by atoms with Crippen LogP contribution in [0.5, 0.6) is 17.2 Å². The molecule has 28 heavy (non-hydrogen) atoms. The number of aromatic nitrogens is 2. The molecule has 1 fully saturated rings. The second-order valence-corrected chi connectivity index (χ2v) is 7.53. The van der Waals surface area contributed by atoms with Crippen LogP contribution in [0.1, 0.15) is 25.3 Å². The zero-order valence-corrected chi connectivity index (χ0v) is 15.6. The molecule has 0 radical (unpaired) electrons. The molecule has 1 amide bonds. The maximum atomic E-state index is 12.5. The number of fused-ring (bicyclic) bond motifs is 2. The van der Waals surface area contributed by atoms with E-state index in [2.05, 4.69) is 22.4 Å². The van der Waals surface area contributed by atoms with E-state index >= 15 is 0 Å². The van der Waals surface area contributed by atoms with Gasteiger partial charge in [0.05, 0.1) is 11.9 Å². The number of benzene rings is 2. The molecule has 144 valence electrons. The maximum absolute atomic E-state index is 12.5. The van der Waals surface area contributed by atoms with E-state index in [-0.39, 0.29) is 17.9 Å². The molecular formula is C21H21N3O4. The van der Waals surface area contributed by atoms with Gasteiger partial charge in [-0.1, -0.05) is 6.07 Å². The number of hydrogen-bond acceptors (Lipinski definition) is 5. The number of carbonyl (C=O) groups excluding carboxylic acids is 1. The third-order valence-corrected chi connectivity index (χ3v) is 5.08. The number of nitrogens with zero attached hydrogens (tertiary/aromatic N) is 1. The molecule has 1 aliphatic heterocycles. The molecule has 7 nitrogen and oxygen atoms in total. The van der Waals surface area contributed by atoms with Gasteiger partial charge in [0.1, 0.15) is 24.6 Å². The van der Waals surface area contributed by atoms with Crippen molar-refractivity contribution >= 4 is 22.6 Å². The Hall–Kier alpha value is -3.22. The summed E-state index contributed by atoms with van der Waals surface area (Å²) in [6, 6.07) is 11.3. The summed E-state index contributed by atoms with van der Waals surface area (Å²) < 4.78 is 17.1. The zero-order chi connectivity index (χ0) is 19.1. The molecule has 3 aromatic rings. The molecular weight excluding hydrogens is 358 g/mol. The number of rotatable bonds is 5. The lowest BCUT2D eigenvalue weighted by molar-refractivity contribution is -0.115. The predicted octanol–water partition coefficient (Wildman–Crippen LogP) is 3.45. The molecule has 0 unspecified atom stereocenters. The van der Waals surface area contributed by atoms with Crippen molar-refractivity contribution in [3.05, 3.63) is 42.0 Å². The van der Waals surface area contributed by atoms with Crippen molar-refractivity contribution < 1.29 is 19.0 Å². The first-order chi connectivity index (χ1) is 13.6. The van der Waals surface area contributed by atoms with Crippen molar-refractivity contribution in [2.45, 2.75) is 31.8 Å². The lowest BCUT2D eigenvalue weighted by Crippen LogP contribution is -2.17. The Kier molecular flexibility index (Phi) is 3.89. The Morgan fingerprint density at radius 2 is 2.00 bits per heavy atom. The molecule has 0 saturated heterocycles. The van der Waals surface area contributed by atoms with Crippen LogP contribution in [0.4, 0.5) is 5.82 Å². The number of amides is 1. The molecule has 0 atom stereocenters. The highest BCUT2D eigenvalue weighted by atomic mass is 16.6. The number of aromatic amines is 1. The van der Waals surface area contributed by atoms with Crippen molar-refractivity contribution in [3.63, 3.8) is 0 Å². The highest BCUT2D eigenvalue weighted by Crippen LogP contribution is 2.40. The van der Waals surface area contributed by atoms with Gasteiger partial charge in [0.15, 0.2) is 17.3 Å². The van der Waals surface area contributed by atoms with E-state index in [0.29, 0.717) is 30.5 Å². The number of carbonyl (C=O) groups is 1. The molecule has 2 N–H and O–H groups in total. The van der Waals surface area contributed by atoms with Crippen molar-refractivity contribution in [3.8, 4) is 17.2 Å². The van der Waals surface area contributed by atoms with E-state index < -0.39 is 0 Å². The highest BCUT2D eigenvalue weighted by Gasteiger charge is 2.40. The quantitative estimate of drug-likeness (QED) is 0.709. The summed E-state index contributed by atoms with van der Waals surface area (Å²) in [5.74, 6) is 2.54. The van der Waals surface area contributed by atoms with Gasteiger partial charge in [-0.2, -0.15) is 5.10 Å². The zero-order valence-electron chi connectivity index (χ0n) is 15.6. The molecule has 2 aliphatic rings. The average Bonchev–Trinajstić information content (AvgIpc) is 3.29. The summed E-state index contributed by atoms with van der Waals surface area (Å²) in [5, 5.41) is 10.9. The Balaban J connectivity index is 1.31. The fourth-order valence-corrected chi connectivity index (χ4v) is 3.27. The topological polar surface area (TPSA) is 85.5 Å². The minimum Gasteiger partial charge on any atom is -0.488 e. The minimum absolute atomic E-state index is 0.0565. The second-order valence-electron chi connectivity index (χ2n) is 7.53. The number of nitrogens with one attached hydrogen (secondary N) is 2. The monoisotopic (exact) mass is 379 g/mol. The van der Waals surface area contributed by atoms with Gasteiger partial charge in [0.25, 0.3) is 0 Å². The Morgan fingerprint density at radius 1 is 1.18 bits per heavy atom. The van der Waals surface area contributed by atoms with Crippen molar-refractivity contribution in [1.82, 2.24) is 10.2 Å². The van der Waals surface area contributed by atoms with Gasteiger partial charge in [-0.3, -0.25) is 9.89 Å². The van der Waals surface area contributed by atoms with Crippen LogP contribution in [0, 0.1) is 0 Å². The fraction of sp³-hybridized carbons (Fsp3) is 0.333. The predicted molar refractivity (Wildman–Crippen MR) is 104 cm³/mol. The normalized spacial score (nSPS) is 16.6. The van der Waals surface area contributed by atoms with Crippen LogP contribution < -0.4 is 19.5 Å². The molecule has 5 rings (SSSR count). The van der Waals surface area contributed by atoms with Gasteiger partial charge >= 0.3 is 0 Å². The van der Waals surface area contributed by atoms with Crippen LogP contribution in [-0.2, 0) is 11.2 Å². The van der Waals surface area contributed by atoms with Crippen molar-refractivity contribution in [2.24, 2.45) is 0 Å². The van der Waals surface area contributed by atoms with Gasteiger partial charge in [0.2, 0.25) is 5.91 Å². The largest absolute Gasteiger partial charge is 0.488 e. The summed E-state index contributed by atoms with van der Waals surface area (Å²) in [5.41, 5.74) is 1.65. The minimum atomic E-state index is -0.148. The first-order valence-corrected chi connectivity index (χ1v) is 9.44. The summed E-state index contributed by atoms with van der Waals surface area (Å²) >= 11 is 0. The van der Waals surface area contributed by atoms with Gasteiger partial charge in [-0.25, -0.2) is 0 Å². The van der Waals surface area contributed by atoms with Crippen LogP contribution in [0.3, 0.4) is 0 Å². The SMILES string of the molecule is CC1(Oc2ccc3[nH]nc(NC(=O)Cc4ccc5c(c4)OCCO5)c3c2)CC1. The van der Waals surface area contributed by atoms with E-state index in [4.69, 9.17) is 14.2 Å². The summed E-state index contributed by atoms with van der Waals surface area (Å²) in [6.07, 6.45) is 2.35. The third kappa shape index (κ3) is 3.35. The Morgan fingerprint density at radius 3 is 2.82 bits per heavy atom. The summed E-state index contributed by atoms with van der Waals surface area (Å²) in [6.45, 7) is 3.16. The first kappa shape index (κ1) is 16.9. The van der Waals surface area contributed by atoms with Gasteiger partial charge in [-0.05, 0) is 55.7 Å². The number of ether oxygens (including phenoxy) is 3. The number of hydrogen-bond donors (Lipinski definition) is 2. The second kappa shape index (κ2) is 6.44. The van der Waals surface area contributed by atoms with Crippen molar-refractivity contribution in [1.29, 1.82) is 0 Å². The molecule has 0 bridgehead atoms. The average molecular weight is 379 g/mol. The number of H-pyrrole nitrogens is 1. The molecule has 2 aromatic carbocycles. The standard InChI is InChI=1S/C21H21N3O4/c1-21(6-7-21)28-14-3-4-16-15(12-14)20(24-23-16)22-19(25)11-13-2-5-17-18(10-13)27-9-8-26-17/h2-5,10,12H,6-9,11H2,1H3,(H2,22,23,24,25). The molecule has 2 heterocycles. The van der Waals surface area contributed by atoms with E-state index in [1.54, 1.807) is 0 Å². The molecule has 1 aromatic heterocycles. The summed E-state index contributed by atoms with van der Waals surface area (Å²) in [7, 11) is 0. The first-order valence-electron chi connectivity index (χ1n) is 9.44. The van der Waals surface area contributed by atoms with Crippen LogP contribution >= 0.6 is 0 Å². The molecule has 7 heteroatoms. The van der Waals surface area contributed by atoms with Crippen molar-refractivity contribution in [2.75, 3.05) is 18.5 Å². The van der Waals surface area contributed by atoms with E-state index in [1.807, 2.05) is 36.4 Å². The summed E-state index contributed by atoms with van der Waals surface area (Å²) in [4.78, 5) is 12.5. The molecule has 0 spiro atoms. The third-order valence-electron chi connectivity index (χ3n) is 5.08. The van der Waals surface area contributed by atoms with Gasteiger partial charge in [0, 0.05) is 5.39 Å². The van der Waals surface area contributed by atoms with E-state index in [1.165, 1.54) is 0 Å².